The van der Waals surface area contributed by atoms with E-state index in [0.29, 0.717) is 11.4 Å². The molecule has 0 N–H and O–H groups in total. The molecule has 6 aromatic carbocycles. The Hall–Kier alpha value is -6.06. The number of hydrogen-bond donors (Lipinski definition) is 0. The Balaban J connectivity index is 1.15. The maximum Gasteiger partial charge on any atom is 0.180 e. The van der Waals surface area contributed by atoms with Gasteiger partial charge >= 0.3 is 0 Å². The molecule has 0 aliphatic carbocycles. The molecule has 2 heterocycles. The van der Waals surface area contributed by atoms with Gasteiger partial charge < -0.3 is 4.42 Å². The van der Waals surface area contributed by atoms with Gasteiger partial charge in [-0.3, -0.25) is 0 Å². The van der Waals surface area contributed by atoms with Crippen molar-refractivity contribution in [3.63, 3.8) is 0 Å². The van der Waals surface area contributed by atoms with Crippen LogP contribution in [0.3, 0.4) is 0 Å². The highest BCUT2D eigenvalue weighted by Crippen LogP contribution is 2.37. The van der Waals surface area contributed by atoms with Crippen LogP contribution in [0.2, 0.25) is 0 Å². The third-order valence-corrected chi connectivity index (χ3v) is 8.95. The molecule has 0 aliphatic heterocycles. The number of nitrogens with zero attached hydrogens (tertiary/aromatic N) is 2. The summed E-state index contributed by atoms with van der Waals surface area (Å²) in [6.07, 6.45) is 2.14. The van der Waals surface area contributed by atoms with Crippen molar-refractivity contribution in [2.24, 2.45) is 0 Å². The minimum atomic E-state index is 0.672. The fourth-order valence-corrected chi connectivity index (χ4v) is 6.13. The third-order valence-electron chi connectivity index (χ3n) is 8.95. The predicted octanol–water partition coefficient (Wildman–Crippen LogP) is 12.1. The van der Waals surface area contributed by atoms with E-state index in [0.717, 1.165) is 44.4 Å². The molecule has 0 aliphatic rings. The maximum atomic E-state index is 6.38. The number of rotatable bonds is 6. The zero-order valence-corrected chi connectivity index (χ0v) is 26.3. The number of hydrogen-bond acceptors (Lipinski definition) is 3. The highest BCUT2D eigenvalue weighted by molar-refractivity contribution is 6.07. The van der Waals surface area contributed by atoms with E-state index in [9.17, 15) is 0 Å². The lowest BCUT2D eigenvalue weighted by Gasteiger charge is -2.09. The average Bonchev–Trinajstić information content (AvgIpc) is 3.53. The lowest BCUT2D eigenvalue weighted by molar-refractivity contribution is 0.667. The minimum Gasteiger partial charge on any atom is -0.452 e. The molecule has 0 saturated heterocycles. The van der Waals surface area contributed by atoms with Crippen LogP contribution in [0.4, 0.5) is 0 Å². The first-order chi connectivity index (χ1) is 23.1. The first-order valence-electron chi connectivity index (χ1n) is 15.9. The van der Waals surface area contributed by atoms with Gasteiger partial charge in [0.15, 0.2) is 11.4 Å². The van der Waals surface area contributed by atoms with Crippen LogP contribution in [-0.2, 0) is 0 Å². The summed E-state index contributed by atoms with van der Waals surface area (Å²) in [6, 6.07) is 53.0. The molecule has 0 bridgehead atoms. The largest absolute Gasteiger partial charge is 0.452 e. The molecule has 0 fully saturated rings. The van der Waals surface area contributed by atoms with Gasteiger partial charge in [0.2, 0.25) is 0 Å². The van der Waals surface area contributed by atoms with Gasteiger partial charge in [-0.2, -0.15) is 0 Å². The molecule has 8 aromatic rings. The lowest BCUT2D eigenvalue weighted by atomic mass is 9.99. The lowest BCUT2D eigenvalue weighted by Crippen LogP contribution is -1.94. The van der Waals surface area contributed by atoms with Gasteiger partial charge in [-0.15, -0.1) is 0 Å². The van der Waals surface area contributed by atoms with E-state index < -0.39 is 0 Å². The molecule has 3 nitrogen and oxygen atoms in total. The first kappa shape index (κ1) is 28.4. The highest BCUT2D eigenvalue weighted by atomic mass is 16.3. The van der Waals surface area contributed by atoms with Gasteiger partial charge in [0, 0.05) is 16.5 Å². The van der Waals surface area contributed by atoms with Crippen LogP contribution in [0.1, 0.15) is 19.4 Å². The fraction of sp³-hybridized carbons (Fsp3) is 0.0455. The normalized spacial score (nSPS) is 11.7. The van der Waals surface area contributed by atoms with Gasteiger partial charge in [0.05, 0.1) is 0 Å². The summed E-state index contributed by atoms with van der Waals surface area (Å²) in [5.74, 6) is 0.672. The van der Waals surface area contributed by atoms with Crippen molar-refractivity contribution in [1.29, 1.82) is 0 Å². The fourth-order valence-electron chi connectivity index (χ4n) is 6.13. The van der Waals surface area contributed by atoms with Crippen LogP contribution in [0.15, 0.2) is 162 Å². The second-order valence-corrected chi connectivity index (χ2v) is 11.8. The molecule has 2 aromatic heterocycles. The van der Waals surface area contributed by atoms with Crippen molar-refractivity contribution < 1.29 is 4.42 Å². The summed E-state index contributed by atoms with van der Waals surface area (Å²) in [6.45, 7) is 4.21. The van der Waals surface area contributed by atoms with Crippen molar-refractivity contribution in [2.75, 3.05) is 0 Å². The quantitative estimate of drug-likeness (QED) is 0.189. The monoisotopic (exact) mass is 604 g/mol. The molecule has 0 atom stereocenters. The number of benzene rings is 6. The van der Waals surface area contributed by atoms with Gasteiger partial charge in [-0.25, -0.2) is 9.97 Å². The van der Waals surface area contributed by atoms with Crippen LogP contribution in [0.5, 0.6) is 0 Å². The molecule has 0 spiro atoms. The smallest absolute Gasteiger partial charge is 0.180 e. The van der Waals surface area contributed by atoms with Crippen molar-refractivity contribution in [3.8, 4) is 56.0 Å². The SMILES string of the molecule is CC=C(C)c1ccc(-c2ccc(-c3nc(-c4ccc(-c5ccc(-c6ccccc6)cc5)cc4)c4oc5ccccc5c4n3)cc2)cc1. The average molecular weight is 605 g/mol. The Bertz CT molecular complexity index is 2370. The van der Waals surface area contributed by atoms with Crippen LogP contribution >= 0.6 is 0 Å². The standard InChI is InChI=1S/C44H32N2O/c1-3-29(2)30-13-15-33(16-14-30)36-23-27-38(28-24-36)44-45-41(43-42(46-44)39-11-7-8-12-40(39)47-43)37-25-21-35(22-26-37)34-19-17-32(18-20-34)31-9-5-4-6-10-31/h3-28H,1-2H3. The van der Waals surface area contributed by atoms with Crippen molar-refractivity contribution in [1.82, 2.24) is 9.97 Å². The molecule has 0 unspecified atom stereocenters. The number of para-hydroxylation sites is 1. The molecule has 0 radical (unpaired) electrons. The molecule has 8 rings (SSSR count). The van der Waals surface area contributed by atoms with E-state index in [1.165, 1.54) is 33.4 Å². The molecule has 0 saturated carbocycles. The summed E-state index contributed by atoms with van der Waals surface area (Å²) in [4.78, 5) is 10.2. The number of fused-ring (bicyclic) bond motifs is 3. The Morgan fingerprint density at radius 3 is 1.53 bits per heavy atom. The number of allylic oxidation sites excluding steroid dienone is 2. The zero-order chi connectivity index (χ0) is 31.7. The van der Waals surface area contributed by atoms with Crippen molar-refractivity contribution in [3.05, 3.63) is 163 Å². The molecule has 47 heavy (non-hydrogen) atoms. The second kappa shape index (κ2) is 12.0. The van der Waals surface area contributed by atoms with Gasteiger partial charge in [0.1, 0.15) is 16.8 Å². The van der Waals surface area contributed by atoms with Crippen molar-refractivity contribution >= 4 is 27.6 Å². The van der Waals surface area contributed by atoms with E-state index in [-0.39, 0.29) is 0 Å². The Kier molecular flexibility index (Phi) is 7.28. The highest BCUT2D eigenvalue weighted by Gasteiger charge is 2.18. The summed E-state index contributed by atoms with van der Waals surface area (Å²) < 4.78 is 6.38. The van der Waals surface area contributed by atoms with E-state index in [1.54, 1.807) is 0 Å². The van der Waals surface area contributed by atoms with Crippen LogP contribution < -0.4 is 0 Å². The summed E-state index contributed by atoms with van der Waals surface area (Å²) in [7, 11) is 0. The minimum absolute atomic E-state index is 0.672. The van der Waals surface area contributed by atoms with Gasteiger partial charge in [-0.1, -0.05) is 146 Å². The van der Waals surface area contributed by atoms with E-state index >= 15 is 0 Å². The molecular formula is C44H32N2O. The van der Waals surface area contributed by atoms with E-state index in [1.807, 2.05) is 24.3 Å². The Morgan fingerprint density at radius 1 is 0.489 bits per heavy atom. The topological polar surface area (TPSA) is 38.9 Å². The van der Waals surface area contributed by atoms with E-state index in [4.69, 9.17) is 14.4 Å². The van der Waals surface area contributed by atoms with Crippen LogP contribution in [0.25, 0.3) is 83.7 Å². The van der Waals surface area contributed by atoms with E-state index in [2.05, 4.69) is 147 Å². The molecule has 3 heteroatoms. The predicted molar refractivity (Wildman–Crippen MR) is 196 cm³/mol. The zero-order valence-electron chi connectivity index (χ0n) is 26.3. The van der Waals surface area contributed by atoms with Crippen LogP contribution in [0, 0.1) is 0 Å². The molecule has 0 amide bonds. The van der Waals surface area contributed by atoms with Gasteiger partial charge in [-0.05, 0) is 70.5 Å². The first-order valence-corrected chi connectivity index (χ1v) is 15.9. The number of aromatic nitrogens is 2. The summed E-state index contributed by atoms with van der Waals surface area (Å²) in [5.41, 5.74) is 14.6. The Labute approximate surface area is 274 Å². The molecular weight excluding hydrogens is 572 g/mol. The Morgan fingerprint density at radius 2 is 0.957 bits per heavy atom. The van der Waals surface area contributed by atoms with Crippen molar-refractivity contribution in [2.45, 2.75) is 13.8 Å². The van der Waals surface area contributed by atoms with Gasteiger partial charge in [0.25, 0.3) is 0 Å². The van der Waals surface area contributed by atoms with Crippen LogP contribution in [-0.4, -0.2) is 9.97 Å². The summed E-state index contributed by atoms with van der Waals surface area (Å²) in [5, 5.41) is 0.982. The maximum absolute atomic E-state index is 6.38. The second-order valence-electron chi connectivity index (χ2n) is 11.8. The summed E-state index contributed by atoms with van der Waals surface area (Å²) >= 11 is 0. The molecule has 224 valence electrons. The third kappa shape index (κ3) is 5.43. The number of furan rings is 1.